The minimum absolute atomic E-state index is 0.131. The molecule has 21 heavy (non-hydrogen) atoms. The number of nitrogens with zero attached hydrogens (tertiary/aromatic N) is 1. The summed E-state index contributed by atoms with van der Waals surface area (Å²) in [5.74, 6) is -2.48. The molecule has 1 heterocycles. The van der Waals surface area contributed by atoms with Crippen LogP contribution < -0.4 is 0 Å². The second-order valence-electron chi connectivity index (χ2n) is 6.13. The van der Waals surface area contributed by atoms with E-state index in [-0.39, 0.29) is 11.5 Å². The summed E-state index contributed by atoms with van der Waals surface area (Å²) in [4.78, 5) is 2.28. The molecule has 0 saturated carbocycles. The molecule has 1 aliphatic heterocycles. The summed E-state index contributed by atoms with van der Waals surface area (Å²) >= 11 is 0. The fraction of sp³-hybridized carbons (Fsp3) is 0.556. The lowest BCUT2D eigenvalue weighted by Crippen LogP contribution is -2.13. The Morgan fingerprint density at radius 1 is 1.38 bits per heavy atom. The van der Waals surface area contributed by atoms with Gasteiger partial charge in [0.05, 0.1) is 0 Å². The molecule has 0 amide bonds. The van der Waals surface area contributed by atoms with Crippen LogP contribution in [0.15, 0.2) is 47.6 Å². The van der Waals surface area contributed by atoms with E-state index in [2.05, 4.69) is 18.5 Å². The third kappa shape index (κ3) is 6.38. The van der Waals surface area contributed by atoms with E-state index in [1.54, 1.807) is 12.2 Å². The Labute approximate surface area is 127 Å². The molecule has 0 N–H and O–H groups in total. The first-order valence-corrected chi connectivity index (χ1v) is 7.48. The van der Waals surface area contributed by atoms with Crippen molar-refractivity contribution >= 4 is 0 Å². The predicted molar refractivity (Wildman–Crippen MR) is 86.6 cm³/mol. The van der Waals surface area contributed by atoms with Gasteiger partial charge in [0.25, 0.3) is 5.92 Å². The highest BCUT2D eigenvalue weighted by atomic mass is 19.3. The van der Waals surface area contributed by atoms with Gasteiger partial charge >= 0.3 is 0 Å². The Balaban J connectivity index is 0.000000262. The van der Waals surface area contributed by atoms with Crippen LogP contribution in [0.2, 0.25) is 0 Å². The number of rotatable bonds is 1. The van der Waals surface area contributed by atoms with Crippen LogP contribution in [0.25, 0.3) is 0 Å². The maximum absolute atomic E-state index is 13.1. The van der Waals surface area contributed by atoms with E-state index in [1.165, 1.54) is 18.5 Å². The van der Waals surface area contributed by atoms with E-state index in [9.17, 15) is 8.78 Å². The molecule has 0 radical (unpaired) electrons. The molecule has 0 aromatic heterocycles. The molecule has 1 unspecified atom stereocenters. The minimum atomic E-state index is -2.73. The summed E-state index contributed by atoms with van der Waals surface area (Å²) in [6.07, 6.45) is 8.98. The number of halogens is 2. The molecule has 3 heteroatoms. The Morgan fingerprint density at radius 3 is 2.48 bits per heavy atom. The first-order valence-electron chi connectivity index (χ1n) is 7.48. The fourth-order valence-corrected chi connectivity index (χ4v) is 2.26. The molecule has 1 fully saturated rings. The lowest BCUT2D eigenvalue weighted by molar-refractivity contribution is 0.0670. The minimum Gasteiger partial charge on any atom is -0.302 e. The second kappa shape index (κ2) is 7.69. The quantitative estimate of drug-likeness (QED) is 0.616. The summed E-state index contributed by atoms with van der Waals surface area (Å²) in [6.45, 7) is 11.0. The SMILES string of the molecule is C=C1CCN(C)C1.CC1=C/C(C(C)(F)F)=C/C/C=C\C1C. The van der Waals surface area contributed by atoms with Crippen LogP contribution >= 0.6 is 0 Å². The van der Waals surface area contributed by atoms with Gasteiger partial charge in [-0.2, -0.15) is 0 Å². The Kier molecular flexibility index (Phi) is 6.53. The lowest BCUT2D eigenvalue weighted by Gasteiger charge is -2.16. The van der Waals surface area contributed by atoms with Gasteiger partial charge in [0.1, 0.15) is 0 Å². The van der Waals surface area contributed by atoms with Gasteiger partial charge < -0.3 is 4.90 Å². The highest BCUT2D eigenvalue weighted by Gasteiger charge is 2.26. The van der Waals surface area contributed by atoms with Crippen molar-refractivity contribution in [1.82, 2.24) is 4.90 Å². The zero-order valence-electron chi connectivity index (χ0n) is 13.6. The van der Waals surface area contributed by atoms with Gasteiger partial charge in [-0.15, -0.1) is 0 Å². The highest BCUT2D eigenvalue weighted by Crippen LogP contribution is 2.28. The van der Waals surface area contributed by atoms with Gasteiger partial charge in [0.2, 0.25) is 0 Å². The smallest absolute Gasteiger partial charge is 0.270 e. The van der Waals surface area contributed by atoms with Crippen LogP contribution in [-0.2, 0) is 0 Å². The van der Waals surface area contributed by atoms with Crippen LogP contribution in [0.3, 0.4) is 0 Å². The molecule has 1 saturated heterocycles. The van der Waals surface area contributed by atoms with Crippen LogP contribution in [0, 0.1) is 5.92 Å². The van der Waals surface area contributed by atoms with Crippen LogP contribution in [0.5, 0.6) is 0 Å². The summed E-state index contributed by atoms with van der Waals surface area (Å²) in [5, 5.41) is 0. The summed E-state index contributed by atoms with van der Waals surface area (Å²) in [7, 11) is 2.12. The van der Waals surface area contributed by atoms with Crippen LogP contribution in [-0.4, -0.2) is 31.0 Å². The normalized spacial score (nSPS) is 27.7. The average Bonchev–Trinajstić information content (AvgIpc) is 2.73. The molecule has 1 aliphatic carbocycles. The first kappa shape index (κ1) is 17.8. The van der Waals surface area contributed by atoms with Gasteiger partial charge in [-0.05, 0) is 32.7 Å². The first-order chi connectivity index (χ1) is 9.70. The van der Waals surface area contributed by atoms with Crippen LogP contribution in [0.4, 0.5) is 8.78 Å². The molecule has 1 atom stereocenters. The van der Waals surface area contributed by atoms with Crippen molar-refractivity contribution in [2.75, 3.05) is 20.1 Å². The van der Waals surface area contributed by atoms with Gasteiger partial charge in [-0.3, -0.25) is 0 Å². The molecule has 0 aromatic carbocycles. The third-order valence-electron chi connectivity index (χ3n) is 3.85. The topological polar surface area (TPSA) is 3.24 Å². The Morgan fingerprint density at radius 2 is 2.05 bits per heavy atom. The van der Waals surface area contributed by atoms with Crippen molar-refractivity contribution in [3.8, 4) is 0 Å². The monoisotopic (exact) mass is 295 g/mol. The fourth-order valence-electron chi connectivity index (χ4n) is 2.26. The van der Waals surface area contributed by atoms with Gasteiger partial charge in [-0.25, -0.2) is 8.78 Å². The van der Waals surface area contributed by atoms with Gasteiger partial charge in [0, 0.05) is 25.6 Å². The summed E-state index contributed by atoms with van der Waals surface area (Å²) in [6, 6.07) is 0. The van der Waals surface area contributed by atoms with E-state index in [4.69, 9.17) is 0 Å². The summed E-state index contributed by atoms with van der Waals surface area (Å²) < 4.78 is 26.2. The number of alkyl halides is 2. The zero-order chi connectivity index (χ0) is 16.0. The molecule has 2 rings (SSSR count). The molecule has 1 nitrogen and oxygen atoms in total. The maximum Gasteiger partial charge on any atom is 0.270 e. The van der Waals surface area contributed by atoms with Crippen molar-refractivity contribution in [3.63, 3.8) is 0 Å². The highest BCUT2D eigenvalue weighted by molar-refractivity contribution is 5.32. The van der Waals surface area contributed by atoms with Crippen molar-refractivity contribution in [2.24, 2.45) is 5.92 Å². The van der Waals surface area contributed by atoms with Crippen molar-refractivity contribution in [1.29, 1.82) is 0 Å². The van der Waals surface area contributed by atoms with E-state index in [0.29, 0.717) is 6.42 Å². The number of likely N-dealkylation sites (N-methyl/N-ethyl adjacent to an activating group) is 1. The van der Waals surface area contributed by atoms with E-state index in [1.807, 2.05) is 26.0 Å². The number of allylic oxidation sites excluding steroid dienone is 6. The Hall–Kier alpha value is -1.22. The van der Waals surface area contributed by atoms with Crippen molar-refractivity contribution in [2.45, 2.75) is 39.5 Å². The number of likely N-dealkylation sites (tertiary alicyclic amines) is 1. The average molecular weight is 295 g/mol. The van der Waals surface area contributed by atoms with Crippen molar-refractivity contribution in [3.05, 3.63) is 47.6 Å². The maximum atomic E-state index is 13.1. The Bertz CT molecular complexity index is 452. The molecular weight excluding hydrogens is 268 g/mol. The van der Waals surface area contributed by atoms with Gasteiger partial charge in [-0.1, -0.05) is 49.0 Å². The van der Waals surface area contributed by atoms with E-state index < -0.39 is 5.92 Å². The van der Waals surface area contributed by atoms with Crippen molar-refractivity contribution < 1.29 is 8.78 Å². The number of hydrogen-bond donors (Lipinski definition) is 0. The summed E-state index contributed by atoms with van der Waals surface area (Å²) in [5.41, 5.74) is 2.49. The van der Waals surface area contributed by atoms with E-state index >= 15 is 0 Å². The predicted octanol–water partition coefficient (Wildman–Crippen LogP) is 4.99. The number of hydrogen-bond acceptors (Lipinski definition) is 1. The lowest BCUT2D eigenvalue weighted by atomic mass is 9.95. The second-order valence-corrected chi connectivity index (χ2v) is 6.13. The molecule has 118 valence electrons. The molecule has 2 aliphatic rings. The molecular formula is C18H27F2N. The third-order valence-corrected chi connectivity index (χ3v) is 3.85. The standard InChI is InChI=1S/C12H16F2.C6H11N/c1-9-6-4-5-7-11(8-10(9)2)12(3,13)14;1-6-3-4-7(2)5-6/h4,6-9H,5H2,1-3H3;1,3-5H2,2H3/b6-4-,10-8?,11-7-;. The van der Waals surface area contributed by atoms with Crippen LogP contribution in [0.1, 0.15) is 33.6 Å². The molecule has 0 bridgehead atoms. The largest absolute Gasteiger partial charge is 0.302 e. The molecule has 0 aromatic rings. The van der Waals surface area contributed by atoms with E-state index in [0.717, 1.165) is 19.0 Å². The molecule has 0 spiro atoms. The van der Waals surface area contributed by atoms with Gasteiger partial charge in [0.15, 0.2) is 0 Å². The zero-order valence-corrected chi connectivity index (χ0v) is 13.6.